The fraction of sp³-hybridized carbons (Fsp3) is 0.464. The molecule has 0 unspecified atom stereocenters. The number of ether oxygens (including phenoxy) is 1. The molecule has 3 heteroatoms. The number of benzene rings is 2. The number of phenols is 1. The van der Waals surface area contributed by atoms with Crippen molar-refractivity contribution in [3.05, 3.63) is 71.3 Å². The quantitative estimate of drug-likeness (QED) is 0.576. The van der Waals surface area contributed by atoms with E-state index < -0.39 is 0 Å². The van der Waals surface area contributed by atoms with E-state index in [1.807, 2.05) is 12.1 Å². The van der Waals surface area contributed by atoms with Crippen LogP contribution in [-0.4, -0.2) is 17.2 Å². The zero-order valence-electron chi connectivity index (χ0n) is 18.6. The lowest BCUT2D eigenvalue weighted by Gasteiger charge is -2.55. The molecule has 1 saturated carbocycles. The van der Waals surface area contributed by atoms with Crippen molar-refractivity contribution in [2.75, 3.05) is 0 Å². The van der Waals surface area contributed by atoms with Gasteiger partial charge in [0.2, 0.25) is 0 Å². The second-order valence-corrected chi connectivity index (χ2v) is 10.1. The number of fused-ring (bicyclic) bond motifs is 6. The SMILES string of the molecule is C=C1C[C@H]2[C@@H]3CCc4cc(O)ccc4[C@H]3CC[C@]2(C)[C@H](OC(C)=O)Cc2ccccc21. The minimum Gasteiger partial charge on any atom is -0.508 e. The lowest BCUT2D eigenvalue weighted by atomic mass is 9.50. The Balaban J connectivity index is 1.58. The van der Waals surface area contributed by atoms with E-state index >= 15 is 0 Å². The maximum atomic E-state index is 12.1. The van der Waals surface area contributed by atoms with Crippen molar-refractivity contribution in [3.8, 4) is 5.75 Å². The molecule has 2 aromatic carbocycles. The first-order chi connectivity index (χ1) is 14.9. The van der Waals surface area contributed by atoms with Gasteiger partial charge in [-0.05, 0) is 89.8 Å². The van der Waals surface area contributed by atoms with Crippen LogP contribution in [0.3, 0.4) is 0 Å². The van der Waals surface area contributed by atoms with E-state index in [0.717, 1.165) is 38.5 Å². The molecule has 3 nitrogen and oxygen atoms in total. The Kier molecular flexibility index (Phi) is 4.96. The van der Waals surface area contributed by atoms with Crippen molar-refractivity contribution < 1.29 is 14.6 Å². The minimum absolute atomic E-state index is 0.0717. The molecule has 0 spiro atoms. The van der Waals surface area contributed by atoms with Crippen LogP contribution >= 0.6 is 0 Å². The summed E-state index contributed by atoms with van der Waals surface area (Å²) in [5.41, 5.74) is 6.32. The van der Waals surface area contributed by atoms with Crippen LogP contribution in [0.4, 0.5) is 0 Å². The van der Waals surface area contributed by atoms with Gasteiger partial charge in [-0.3, -0.25) is 4.79 Å². The van der Waals surface area contributed by atoms with Crippen LogP contribution in [0.1, 0.15) is 67.7 Å². The van der Waals surface area contributed by atoms with E-state index in [-0.39, 0.29) is 17.5 Å². The molecule has 31 heavy (non-hydrogen) atoms. The van der Waals surface area contributed by atoms with E-state index in [0.29, 0.717) is 23.5 Å². The maximum Gasteiger partial charge on any atom is 0.302 e. The number of allylic oxidation sites excluding steroid dienone is 1. The van der Waals surface area contributed by atoms with E-state index in [9.17, 15) is 9.90 Å². The molecule has 0 saturated heterocycles. The lowest BCUT2D eigenvalue weighted by molar-refractivity contribution is -0.161. The van der Waals surface area contributed by atoms with Gasteiger partial charge in [0.25, 0.3) is 0 Å². The van der Waals surface area contributed by atoms with Gasteiger partial charge in [-0.1, -0.05) is 43.8 Å². The monoisotopic (exact) mass is 416 g/mol. The predicted octanol–water partition coefficient (Wildman–Crippen LogP) is 6.05. The topological polar surface area (TPSA) is 46.5 Å². The summed E-state index contributed by atoms with van der Waals surface area (Å²) in [5, 5.41) is 9.97. The van der Waals surface area contributed by atoms with Gasteiger partial charge < -0.3 is 9.84 Å². The van der Waals surface area contributed by atoms with Gasteiger partial charge in [-0.25, -0.2) is 0 Å². The van der Waals surface area contributed by atoms with Crippen molar-refractivity contribution in [2.24, 2.45) is 17.3 Å². The summed E-state index contributed by atoms with van der Waals surface area (Å²) in [4.78, 5) is 12.1. The first kappa shape index (κ1) is 20.4. The van der Waals surface area contributed by atoms with Gasteiger partial charge in [0, 0.05) is 18.8 Å². The minimum atomic E-state index is -0.187. The number of aromatic hydroxyl groups is 1. The van der Waals surface area contributed by atoms with Crippen molar-refractivity contribution in [1.29, 1.82) is 0 Å². The molecule has 162 valence electrons. The Morgan fingerprint density at radius 2 is 1.94 bits per heavy atom. The fourth-order valence-electron chi connectivity index (χ4n) is 6.93. The average Bonchev–Trinajstić information content (AvgIpc) is 2.74. The van der Waals surface area contributed by atoms with Gasteiger partial charge >= 0.3 is 5.97 Å². The number of aryl methyl sites for hydroxylation is 1. The summed E-state index contributed by atoms with van der Waals surface area (Å²) in [5.74, 6) is 1.63. The highest BCUT2D eigenvalue weighted by Gasteiger charge is 2.53. The smallest absolute Gasteiger partial charge is 0.302 e. The molecule has 5 atom stereocenters. The standard InChI is InChI=1S/C28H32O3/c1-17-14-26-25-10-8-20-15-21(30)9-11-23(20)24(25)12-13-28(26,3)27(31-18(2)29)16-19-6-4-5-7-22(17)19/h4-7,9,11,15,24-27,30H,1,8,10,12-14,16H2,2-3H3/t24-,25-,26+,27-,28+/m1/s1. The van der Waals surface area contributed by atoms with E-state index in [1.54, 1.807) is 0 Å². The normalized spacial score (nSPS) is 31.9. The second kappa shape index (κ2) is 7.55. The Morgan fingerprint density at radius 1 is 1.13 bits per heavy atom. The number of phenolic OH excluding ortho intramolecular Hbond substituents is 1. The van der Waals surface area contributed by atoms with E-state index in [1.165, 1.54) is 34.8 Å². The summed E-state index contributed by atoms with van der Waals surface area (Å²) in [6.45, 7) is 8.41. The molecule has 1 N–H and O–H groups in total. The Morgan fingerprint density at radius 3 is 2.74 bits per heavy atom. The molecular formula is C28H32O3. The molecule has 3 aliphatic carbocycles. The predicted molar refractivity (Wildman–Crippen MR) is 123 cm³/mol. The molecule has 0 bridgehead atoms. The van der Waals surface area contributed by atoms with Gasteiger partial charge in [-0.15, -0.1) is 0 Å². The third-order valence-electron chi connectivity index (χ3n) is 8.46. The van der Waals surface area contributed by atoms with E-state index in [4.69, 9.17) is 4.74 Å². The number of rotatable bonds is 1. The van der Waals surface area contributed by atoms with Crippen molar-refractivity contribution in [3.63, 3.8) is 0 Å². The third-order valence-corrected chi connectivity index (χ3v) is 8.46. The summed E-state index contributed by atoms with van der Waals surface area (Å²) in [6, 6.07) is 14.4. The molecule has 0 aliphatic heterocycles. The van der Waals surface area contributed by atoms with Crippen LogP contribution < -0.4 is 0 Å². The summed E-state index contributed by atoms with van der Waals surface area (Å²) in [7, 11) is 0. The molecule has 5 rings (SSSR count). The summed E-state index contributed by atoms with van der Waals surface area (Å²) in [6.07, 6.45) is 5.82. The van der Waals surface area contributed by atoms with E-state index in [2.05, 4.69) is 43.8 Å². The van der Waals surface area contributed by atoms with Crippen LogP contribution in [-0.2, 0) is 22.4 Å². The van der Waals surface area contributed by atoms with Crippen LogP contribution in [0, 0.1) is 17.3 Å². The molecule has 0 heterocycles. The largest absolute Gasteiger partial charge is 0.508 e. The van der Waals surface area contributed by atoms with Crippen molar-refractivity contribution >= 4 is 11.5 Å². The average molecular weight is 417 g/mol. The lowest BCUT2D eigenvalue weighted by Crippen LogP contribution is -2.51. The highest BCUT2D eigenvalue weighted by Crippen LogP contribution is 2.59. The zero-order chi connectivity index (χ0) is 21.8. The number of carbonyl (C=O) groups is 1. The van der Waals surface area contributed by atoms with Crippen LogP contribution in [0.2, 0.25) is 0 Å². The van der Waals surface area contributed by atoms with Crippen LogP contribution in [0.5, 0.6) is 5.75 Å². The number of hydrogen-bond acceptors (Lipinski definition) is 3. The number of hydrogen-bond donors (Lipinski definition) is 1. The highest BCUT2D eigenvalue weighted by atomic mass is 16.5. The first-order valence-corrected chi connectivity index (χ1v) is 11.6. The summed E-state index contributed by atoms with van der Waals surface area (Å²) < 4.78 is 6.05. The second-order valence-electron chi connectivity index (χ2n) is 10.1. The molecule has 0 aromatic heterocycles. The number of esters is 1. The molecule has 0 radical (unpaired) electrons. The fourth-order valence-corrected chi connectivity index (χ4v) is 6.93. The third kappa shape index (κ3) is 3.39. The Labute approximate surface area is 185 Å². The molecule has 0 amide bonds. The Bertz CT molecular complexity index is 1040. The van der Waals surface area contributed by atoms with Crippen molar-refractivity contribution in [1.82, 2.24) is 0 Å². The van der Waals surface area contributed by atoms with Crippen molar-refractivity contribution in [2.45, 2.75) is 64.4 Å². The molecule has 3 aliphatic rings. The first-order valence-electron chi connectivity index (χ1n) is 11.6. The van der Waals surface area contributed by atoms with Crippen LogP contribution in [0.15, 0.2) is 49.0 Å². The zero-order valence-corrected chi connectivity index (χ0v) is 18.6. The maximum absolute atomic E-state index is 12.1. The molecule has 2 aromatic rings. The highest BCUT2D eigenvalue weighted by molar-refractivity contribution is 5.68. The van der Waals surface area contributed by atoms with Gasteiger partial charge in [-0.2, -0.15) is 0 Å². The van der Waals surface area contributed by atoms with Gasteiger partial charge in [0.05, 0.1) is 0 Å². The van der Waals surface area contributed by atoms with Gasteiger partial charge in [0.15, 0.2) is 0 Å². The molecular weight excluding hydrogens is 384 g/mol. The van der Waals surface area contributed by atoms with Crippen LogP contribution in [0.25, 0.3) is 5.57 Å². The van der Waals surface area contributed by atoms with Gasteiger partial charge in [0.1, 0.15) is 11.9 Å². The number of carbonyl (C=O) groups excluding carboxylic acids is 1. The Hall–Kier alpha value is -2.55. The molecule has 1 fully saturated rings. The summed E-state index contributed by atoms with van der Waals surface area (Å²) >= 11 is 0.